The third-order valence-electron chi connectivity index (χ3n) is 7.20. The summed E-state index contributed by atoms with van der Waals surface area (Å²) < 4.78 is 12.6. The molecule has 1 aromatic heterocycles. The molecule has 1 aromatic carbocycles. The van der Waals surface area contributed by atoms with Gasteiger partial charge in [-0.2, -0.15) is 4.98 Å². The first-order valence-electron chi connectivity index (χ1n) is 11.3. The van der Waals surface area contributed by atoms with E-state index in [0.717, 1.165) is 66.8 Å². The third kappa shape index (κ3) is 3.60. The molecule has 2 fully saturated rings. The van der Waals surface area contributed by atoms with E-state index in [1.807, 2.05) is 0 Å². The smallest absolute Gasteiger partial charge is 0.399 e. The number of rotatable bonds is 4. The first-order valence-corrected chi connectivity index (χ1v) is 11.3. The van der Waals surface area contributed by atoms with Crippen molar-refractivity contribution in [1.82, 2.24) is 15.3 Å². The van der Waals surface area contributed by atoms with Crippen molar-refractivity contribution in [2.45, 2.75) is 65.2 Å². The van der Waals surface area contributed by atoms with E-state index in [1.54, 1.807) is 0 Å². The van der Waals surface area contributed by atoms with Crippen molar-refractivity contribution in [2.24, 2.45) is 0 Å². The van der Waals surface area contributed by atoms with Crippen LogP contribution in [0.1, 0.15) is 50.9 Å². The molecule has 0 atom stereocenters. The Labute approximate surface area is 185 Å². The van der Waals surface area contributed by atoms with Gasteiger partial charge in [0.2, 0.25) is 5.95 Å². The fraction of sp³-hybridized carbons (Fsp3) is 0.565. The van der Waals surface area contributed by atoms with Gasteiger partial charge in [0.1, 0.15) is 5.82 Å². The van der Waals surface area contributed by atoms with Crippen LogP contribution in [0, 0.1) is 6.92 Å². The highest BCUT2D eigenvalue weighted by atomic mass is 16.7. The molecule has 5 rings (SSSR count). The first kappa shape index (κ1) is 20.7. The molecule has 0 amide bonds. The summed E-state index contributed by atoms with van der Waals surface area (Å²) in [6.07, 6.45) is 2.13. The lowest BCUT2D eigenvalue weighted by molar-refractivity contribution is 0.00578. The number of fused-ring (bicyclic) bond motifs is 1. The van der Waals surface area contributed by atoms with Crippen LogP contribution in [0.15, 0.2) is 18.2 Å². The van der Waals surface area contributed by atoms with E-state index in [-0.39, 0.29) is 18.3 Å². The minimum Gasteiger partial charge on any atom is -0.399 e. The van der Waals surface area contributed by atoms with E-state index >= 15 is 0 Å². The second-order valence-electron chi connectivity index (χ2n) is 9.80. The third-order valence-corrected chi connectivity index (χ3v) is 7.20. The zero-order chi connectivity index (χ0) is 21.8. The maximum atomic E-state index is 6.31. The minimum atomic E-state index is -0.382. The Morgan fingerprint density at radius 3 is 2.52 bits per heavy atom. The maximum absolute atomic E-state index is 6.31. The second-order valence-corrected chi connectivity index (χ2v) is 9.80. The summed E-state index contributed by atoms with van der Waals surface area (Å²) in [5, 5.41) is 7.07. The number of hydrogen-bond donors (Lipinski definition) is 2. The summed E-state index contributed by atoms with van der Waals surface area (Å²) in [7, 11) is -0.382. The van der Waals surface area contributed by atoms with Crippen molar-refractivity contribution >= 4 is 30.0 Å². The zero-order valence-electron chi connectivity index (χ0n) is 19.2. The lowest BCUT2D eigenvalue weighted by atomic mass is 9.76. The van der Waals surface area contributed by atoms with Crippen LogP contribution in [-0.2, 0) is 22.3 Å². The monoisotopic (exact) mass is 421 g/mol. The zero-order valence-corrected chi connectivity index (χ0v) is 19.2. The molecule has 7 nitrogen and oxygen atoms in total. The van der Waals surface area contributed by atoms with Crippen molar-refractivity contribution in [1.29, 1.82) is 0 Å². The number of aromatic nitrogens is 2. The van der Waals surface area contributed by atoms with E-state index in [9.17, 15) is 0 Å². The van der Waals surface area contributed by atoms with Crippen molar-refractivity contribution in [3.05, 3.63) is 35.0 Å². The molecule has 0 spiro atoms. The molecule has 3 aliphatic heterocycles. The van der Waals surface area contributed by atoms with Gasteiger partial charge in [-0.25, -0.2) is 4.98 Å². The summed E-state index contributed by atoms with van der Waals surface area (Å²) in [6, 6.07) is 6.25. The molecule has 2 saturated heterocycles. The lowest BCUT2D eigenvalue weighted by Crippen LogP contribution is -2.41. The fourth-order valence-electron chi connectivity index (χ4n) is 4.25. The fourth-order valence-corrected chi connectivity index (χ4v) is 4.25. The van der Waals surface area contributed by atoms with Gasteiger partial charge >= 0.3 is 7.12 Å². The molecule has 0 aliphatic carbocycles. The minimum absolute atomic E-state index is 0.363. The van der Waals surface area contributed by atoms with E-state index in [0.29, 0.717) is 0 Å². The van der Waals surface area contributed by atoms with Gasteiger partial charge in [0.25, 0.3) is 0 Å². The Kier molecular flexibility index (Phi) is 4.99. The first-order chi connectivity index (χ1) is 14.7. The Morgan fingerprint density at radius 1 is 1.10 bits per heavy atom. The number of nitrogens with one attached hydrogen (secondary N) is 2. The lowest BCUT2D eigenvalue weighted by Gasteiger charge is -2.32. The second kappa shape index (κ2) is 7.47. The standard InChI is InChI=1S/C23H32BN5O2/c1-15-17(24-30-22(2,3)23(4,5)31-24)8-6-9-18(15)26-20-16-10-11-25-14-19(16)27-21(28-20)29-12-7-13-29/h6,8-9,25H,7,10-14H2,1-5H3,(H,26,27,28). The molecular formula is C23H32BN5O2. The number of hydrogen-bond acceptors (Lipinski definition) is 7. The van der Waals surface area contributed by atoms with Crippen LogP contribution >= 0.6 is 0 Å². The Hall–Kier alpha value is -2.16. The summed E-state index contributed by atoms with van der Waals surface area (Å²) >= 11 is 0. The van der Waals surface area contributed by atoms with Gasteiger partial charge in [0, 0.05) is 30.9 Å². The van der Waals surface area contributed by atoms with Crippen molar-refractivity contribution in [2.75, 3.05) is 29.9 Å². The Bertz CT molecular complexity index is 990. The summed E-state index contributed by atoms with van der Waals surface area (Å²) in [5.74, 6) is 1.75. The molecule has 0 bridgehead atoms. The van der Waals surface area contributed by atoms with Gasteiger partial charge in [0.15, 0.2) is 0 Å². The molecule has 0 saturated carbocycles. The molecule has 0 radical (unpaired) electrons. The predicted octanol–water partition coefficient (Wildman–Crippen LogP) is 2.68. The van der Waals surface area contributed by atoms with Crippen molar-refractivity contribution in [3.8, 4) is 0 Å². The summed E-state index contributed by atoms with van der Waals surface area (Å²) in [6.45, 7) is 14.3. The van der Waals surface area contributed by atoms with Crippen LogP contribution in [0.4, 0.5) is 17.5 Å². The average molecular weight is 421 g/mol. The van der Waals surface area contributed by atoms with E-state index < -0.39 is 0 Å². The van der Waals surface area contributed by atoms with Crippen molar-refractivity contribution < 1.29 is 9.31 Å². The van der Waals surface area contributed by atoms with Crippen LogP contribution in [0.2, 0.25) is 0 Å². The highest BCUT2D eigenvalue weighted by Crippen LogP contribution is 2.37. The van der Waals surface area contributed by atoms with Crippen LogP contribution in [0.5, 0.6) is 0 Å². The SMILES string of the molecule is Cc1c(Nc2nc(N3CCC3)nc3c2CCNC3)cccc1B1OC(C)(C)C(C)(C)O1. The van der Waals surface area contributed by atoms with Crippen LogP contribution < -0.4 is 21.0 Å². The Balaban J connectivity index is 1.48. The number of anilines is 3. The number of benzene rings is 1. The van der Waals surface area contributed by atoms with E-state index in [2.05, 4.69) is 68.4 Å². The van der Waals surface area contributed by atoms with Gasteiger partial charge < -0.3 is 24.8 Å². The van der Waals surface area contributed by atoms with Gasteiger partial charge in [-0.3, -0.25) is 0 Å². The largest absolute Gasteiger partial charge is 0.495 e. The highest BCUT2D eigenvalue weighted by molar-refractivity contribution is 6.62. The van der Waals surface area contributed by atoms with Crippen LogP contribution in [-0.4, -0.2) is 47.9 Å². The van der Waals surface area contributed by atoms with Crippen LogP contribution in [0.25, 0.3) is 0 Å². The topological polar surface area (TPSA) is 71.5 Å². The summed E-state index contributed by atoms with van der Waals surface area (Å²) in [5.41, 5.74) is 4.79. The van der Waals surface area contributed by atoms with Crippen molar-refractivity contribution in [3.63, 3.8) is 0 Å². The molecule has 3 aliphatic rings. The molecule has 31 heavy (non-hydrogen) atoms. The molecule has 164 valence electrons. The molecule has 2 N–H and O–H groups in total. The maximum Gasteiger partial charge on any atom is 0.495 e. The summed E-state index contributed by atoms with van der Waals surface area (Å²) in [4.78, 5) is 12.0. The molecule has 2 aromatic rings. The molecular weight excluding hydrogens is 389 g/mol. The van der Waals surface area contributed by atoms with Gasteiger partial charge in [-0.05, 0) is 71.1 Å². The van der Waals surface area contributed by atoms with E-state index in [1.165, 1.54) is 12.0 Å². The van der Waals surface area contributed by atoms with E-state index in [4.69, 9.17) is 19.3 Å². The predicted molar refractivity (Wildman–Crippen MR) is 124 cm³/mol. The Morgan fingerprint density at radius 2 is 1.84 bits per heavy atom. The molecule has 8 heteroatoms. The van der Waals surface area contributed by atoms with Gasteiger partial charge in [0.05, 0.1) is 16.9 Å². The van der Waals surface area contributed by atoms with Gasteiger partial charge in [-0.15, -0.1) is 0 Å². The normalized spacial score (nSPS) is 21.6. The molecule has 4 heterocycles. The quantitative estimate of drug-likeness (QED) is 0.736. The highest BCUT2D eigenvalue weighted by Gasteiger charge is 2.52. The average Bonchev–Trinajstić information content (AvgIpc) is 2.89. The van der Waals surface area contributed by atoms with Gasteiger partial charge in [-0.1, -0.05) is 12.1 Å². The molecule has 0 unspecified atom stereocenters. The number of nitrogens with zero attached hydrogens (tertiary/aromatic N) is 3. The van der Waals surface area contributed by atoms with Crippen LogP contribution in [0.3, 0.4) is 0 Å².